The fraction of sp³-hybridized carbons (Fsp3) is 0.0741. The Bertz CT molecular complexity index is 1580. The van der Waals surface area contributed by atoms with Gasteiger partial charge in [0.05, 0.1) is 37.8 Å². The van der Waals surface area contributed by atoms with Crippen LogP contribution in [0, 0.1) is 0 Å². The highest BCUT2D eigenvalue weighted by molar-refractivity contribution is 5.90. The van der Waals surface area contributed by atoms with Crippen LogP contribution in [0.1, 0.15) is 5.69 Å². The zero-order valence-electron chi connectivity index (χ0n) is 20.5. The molecule has 2 aromatic heterocycles. The average molecular weight is 510 g/mol. The van der Waals surface area contributed by atoms with Crippen molar-refractivity contribution in [2.75, 3.05) is 19.5 Å². The first kappa shape index (κ1) is 24.3. The van der Waals surface area contributed by atoms with Crippen molar-refractivity contribution in [2.45, 2.75) is 0 Å². The van der Waals surface area contributed by atoms with Crippen LogP contribution in [0.4, 0.5) is 10.5 Å². The third-order valence-corrected chi connectivity index (χ3v) is 5.44. The van der Waals surface area contributed by atoms with Crippen molar-refractivity contribution < 1.29 is 19.0 Å². The number of nitrogens with zero attached hydrogens (tertiary/aromatic N) is 5. The quantitative estimate of drug-likeness (QED) is 0.228. The maximum absolute atomic E-state index is 12.2. The molecule has 0 fully saturated rings. The maximum atomic E-state index is 12.2. The van der Waals surface area contributed by atoms with E-state index in [9.17, 15) is 4.79 Å². The van der Waals surface area contributed by atoms with Crippen molar-refractivity contribution in [2.24, 2.45) is 5.10 Å². The Hall–Kier alpha value is -5.45. The predicted octanol–water partition coefficient (Wildman–Crippen LogP) is 4.78. The minimum absolute atomic E-state index is 0.496. The van der Waals surface area contributed by atoms with Gasteiger partial charge in [0.25, 0.3) is 0 Å². The molecule has 2 N–H and O–H groups in total. The van der Waals surface area contributed by atoms with Crippen LogP contribution in [-0.4, -0.2) is 46.4 Å². The average Bonchev–Trinajstić information content (AvgIpc) is 3.43. The minimum atomic E-state index is -0.508. The summed E-state index contributed by atoms with van der Waals surface area (Å²) in [6.07, 6.45) is 4.77. The number of amides is 2. The van der Waals surface area contributed by atoms with Gasteiger partial charge in [-0.1, -0.05) is 23.4 Å². The highest BCUT2D eigenvalue weighted by Gasteiger charge is 2.11. The van der Waals surface area contributed by atoms with E-state index in [0.717, 1.165) is 11.1 Å². The molecule has 2 amide bonds. The van der Waals surface area contributed by atoms with Crippen molar-refractivity contribution >= 4 is 28.8 Å². The first-order chi connectivity index (χ1) is 18.6. The van der Waals surface area contributed by atoms with Crippen molar-refractivity contribution in [3.05, 3.63) is 90.9 Å². The number of anilines is 1. The zero-order valence-corrected chi connectivity index (χ0v) is 20.5. The lowest BCUT2D eigenvalue weighted by molar-refractivity contribution is 0.252. The Morgan fingerprint density at radius 3 is 2.47 bits per heavy atom. The number of pyridine rings is 1. The van der Waals surface area contributed by atoms with E-state index in [4.69, 9.17) is 14.2 Å². The minimum Gasteiger partial charge on any atom is -0.493 e. The first-order valence-corrected chi connectivity index (χ1v) is 11.5. The van der Waals surface area contributed by atoms with E-state index in [0.29, 0.717) is 39.9 Å². The third-order valence-electron chi connectivity index (χ3n) is 5.44. The number of para-hydroxylation sites is 1. The van der Waals surface area contributed by atoms with Gasteiger partial charge < -0.3 is 19.5 Å². The molecule has 11 heteroatoms. The number of fused-ring (bicyclic) bond motifs is 1. The van der Waals surface area contributed by atoms with Gasteiger partial charge in [-0.25, -0.2) is 14.9 Å². The van der Waals surface area contributed by atoms with Gasteiger partial charge in [-0.3, -0.25) is 4.98 Å². The molecule has 5 aromatic rings. The maximum Gasteiger partial charge on any atom is 0.339 e. The number of ether oxygens (including phenoxy) is 3. The summed E-state index contributed by atoms with van der Waals surface area (Å²) >= 11 is 0. The number of carbonyl (C=O) groups excluding carboxylic acids is 1. The molecule has 3 aromatic carbocycles. The Morgan fingerprint density at radius 1 is 0.947 bits per heavy atom. The molecule has 5 rings (SSSR count). The number of carbonyl (C=O) groups is 1. The summed E-state index contributed by atoms with van der Waals surface area (Å²) in [6, 6.07) is 21.4. The lowest BCUT2D eigenvalue weighted by Gasteiger charge is -2.12. The number of urea groups is 1. The van der Waals surface area contributed by atoms with Crippen molar-refractivity contribution in [1.82, 2.24) is 25.4 Å². The van der Waals surface area contributed by atoms with Crippen LogP contribution >= 0.6 is 0 Å². The molecule has 0 spiro atoms. The van der Waals surface area contributed by atoms with E-state index < -0.39 is 6.03 Å². The van der Waals surface area contributed by atoms with Crippen molar-refractivity contribution in [1.29, 1.82) is 0 Å². The second-order valence-electron chi connectivity index (χ2n) is 7.91. The summed E-state index contributed by atoms with van der Waals surface area (Å²) in [5.74, 6) is 2.35. The summed E-state index contributed by atoms with van der Waals surface area (Å²) in [5.41, 5.74) is 5.04. The van der Waals surface area contributed by atoms with Gasteiger partial charge in [-0.15, -0.1) is 5.10 Å². The molecule has 0 aliphatic carbocycles. The molecule has 0 aliphatic heterocycles. The molecule has 0 atom stereocenters. The molecule has 0 saturated carbocycles. The number of hydrogen-bond donors (Lipinski definition) is 2. The Labute approximate surface area is 217 Å². The standard InChI is InChI=1S/C27H23N7O4/c1-36-25-14-22-23(15-26(25)37-2)28-13-12-24(22)38-21-10-8-18(9-11-21)30-27(35)32-29-16-19-17-34(33-31-19)20-6-4-3-5-7-20/h3-17H,1-2H3,(H2,30,32,35)/b29-16+. The van der Waals surface area contributed by atoms with Gasteiger partial charge >= 0.3 is 6.03 Å². The number of aromatic nitrogens is 4. The first-order valence-electron chi connectivity index (χ1n) is 11.5. The summed E-state index contributed by atoms with van der Waals surface area (Å²) in [6.45, 7) is 0. The summed E-state index contributed by atoms with van der Waals surface area (Å²) in [7, 11) is 3.15. The molecule has 38 heavy (non-hydrogen) atoms. The Morgan fingerprint density at radius 2 is 1.71 bits per heavy atom. The number of benzene rings is 3. The summed E-state index contributed by atoms with van der Waals surface area (Å²) in [5, 5.41) is 15.5. The van der Waals surface area contributed by atoms with Gasteiger partial charge in [0, 0.05) is 23.3 Å². The lowest BCUT2D eigenvalue weighted by atomic mass is 10.2. The molecule has 0 aliphatic rings. The number of hydrogen-bond acceptors (Lipinski definition) is 8. The monoisotopic (exact) mass is 509 g/mol. The van der Waals surface area contributed by atoms with Crippen LogP contribution in [0.3, 0.4) is 0 Å². The van der Waals surface area contributed by atoms with Crippen LogP contribution in [0.15, 0.2) is 90.3 Å². The van der Waals surface area contributed by atoms with Gasteiger partial charge in [0.2, 0.25) is 0 Å². The molecular weight excluding hydrogens is 486 g/mol. The molecule has 0 radical (unpaired) electrons. The Kier molecular flexibility index (Phi) is 7.07. The molecule has 190 valence electrons. The van der Waals surface area contributed by atoms with Gasteiger partial charge in [0.15, 0.2) is 11.5 Å². The normalized spacial score (nSPS) is 10.9. The number of hydrazone groups is 1. The number of rotatable bonds is 8. The third kappa shape index (κ3) is 5.51. The molecule has 2 heterocycles. The largest absolute Gasteiger partial charge is 0.493 e. The fourth-order valence-corrected chi connectivity index (χ4v) is 3.63. The van der Waals surface area contributed by atoms with Crippen LogP contribution in [0.2, 0.25) is 0 Å². The lowest BCUT2D eigenvalue weighted by Crippen LogP contribution is -2.24. The predicted molar refractivity (Wildman–Crippen MR) is 142 cm³/mol. The van der Waals surface area contributed by atoms with Crippen LogP contribution in [-0.2, 0) is 0 Å². The van der Waals surface area contributed by atoms with Gasteiger partial charge in [-0.05, 0) is 48.5 Å². The molecule has 0 bridgehead atoms. The van der Waals surface area contributed by atoms with Crippen molar-refractivity contribution in [3.8, 4) is 28.7 Å². The van der Waals surface area contributed by atoms with E-state index in [1.54, 1.807) is 67.7 Å². The van der Waals surface area contributed by atoms with Gasteiger partial charge in [-0.2, -0.15) is 5.10 Å². The topological polar surface area (TPSA) is 125 Å². The number of methoxy groups -OCH3 is 2. The summed E-state index contributed by atoms with van der Waals surface area (Å²) in [4.78, 5) is 16.6. The van der Waals surface area contributed by atoms with Crippen LogP contribution < -0.4 is 25.0 Å². The zero-order chi connectivity index (χ0) is 26.3. The molecule has 0 saturated heterocycles. The summed E-state index contributed by atoms with van der Waals surface area (Å²) < 4.78 is 18.4. The molecule has 0 unspecified atom stereocenters. The van der Waals surface area contributed by atoms with Crippen molar-refractivity contribution in [3.63, 3.8) is 0 Å². The fourth-order valence-electron chi connectivity index (χ4n) is 3.63. The van der Waals surface area contributed by atoms with E-state index in [1.165, 1.54) is 6.21 Å². The molecular formula is C27H23N7O4. The van der Waals surface area contributed by atoms with E-state index in [1.807, 2.05) is 36.4 Å². The Balaban J connectivity index is 1.19. The van der Waals surface area contributed by atoms with E-state index in [-0.39, 0.29) is 0 Å². The van der Waals surface area contributed by atoms with Gasteiger partial charge in [0.1, 0.15) is 17.2 Å². The van der Waals surface area contributed by atoms with E-state index in [2.05, 4.69) is 31.1 Å². The van der Waals surface area contributed by atoms with E-state index >= 15 is 0 Å². The SMILES string of the molecule is COc1cc2nccc(Oc3ccc(NC(=O)N/N=C/c4cn(-c5ccccc5)nn4)cc3)c2cc1OC. The molecule has 11 nitrogen and oxygen atoms in total. The highest BCUT2D eigenvalue weighted by Crippen LogP contribution is 2.36. The van der Waals surface area contributed by atoms with Crippen LogP contribution in [0.5, 0.6) is 23.0 Å². The van der Waals surface area contributed by atoms with Crippen LogP contribution in [0.25, 0.3) is 16.6 Å². The number of nitrogens with one attached hydrogen (secondary N) is 2. The smallest absolute Gasteiger partial charge is 0.339 e. The second kappa shape index (κ2) is 11.1. The second-order valence-corrected chi connectivity index (χ2v) is 7.91. The highest BCUT2D eigenvalue weighted by atomic mass is 16.5.